The third-order valence-corrected chi connectivity index (χ3v) is 4.36. The van der Waals surface area contributed by atoms with Crippen molar-refractivity contribution >= 4 is 23.6 Å². The van der Waals surface area contributed by atoms with Crippen LogP contribution >= 0.6 is 0 Å². The highest BCUT2D eigenvalue weighted by Crippen LogP contribution is 2.31. The molecule has 0 saturated carbocycles. The van der Waals surface area contributed by atoms with Gasteiger partial charge in [-0.25, -0.2) is 4.79 Å². The lowest BCUT2D eigenvalue weighted by Gasteiger charge is -2.16. The van der Waals surface area contributed by atoms with Gasteiger partial charge in [-0.3, -0.25) is 4.79 Å². The molecule has 6 nitrogen and oxygen atoms in total. The smallest absolute Gasteiger partial charge is 0.331 e. The predicted octanol–water partition coefficient (Wildman–Crippen LogP) is 2.85. The third-order valence-electron chi connectivity index (χ3n) is 4.36. The second-order valence-electron chi connectivity index (χ2n) is 5.95. The summed E-state index contributed by atoms with van der Waals surface area (Å²) in [6, 6.07) is 13.1. The Morgan fingerprint density at radius 2 is 1.89 bits per heavy atom. The van der Waals surface area contributed by atoms with Gasteiger partial charge in [0.05, 0.1) is 14.2 Å². The van der Waals surface area contributed by atoms with Crippen LogP contribution in [0.3, 0.4) is 0 Å². The molecule has 0 spiro atoms. The van der Waals surface area contributed by atoms with Crippen LogP contribution in [0.15, 0.2) is 48.5 Å². The van der Waals surface area contributed by atoms with E-state index in [1.807, 2.05) is 24.3 Å². The summed E-state index contributed by atoms with van der Waals surface area (Å²) >= 11 is 0. The van der Waals surface area contributed by atoms with Crippen molar-refractivity contribution in [2.75, 3.05) is 32.3 Å². The monoisotopic (exact) mass is 367 g/mol. The Morgan fingerprint density at radius 3 is 2.67 bits per heavy atom. The van der Waals surface area contributed by atoms with Crippen molar-refractivity contribution in [3.05, 3.63) is 59.7 Å². The topological polar surface area (TPSA) is 65.1 Å². The number of hydrogen-bond donors (Lipinski definition) is 0. The minimum atomic E-state index is -0.597. The van der Waals surface area contributed by atoms with Gasteiger partial charge in [-0.05, 0) is 30.2 Å². The summed E-state index contributed by atoms with van der Waals surface area (Å²) in [4.78, 5) is 26.0. The van der Waals surface area contributed by atoms with Crippen LogP contribution in [0.4, 0.5) is 5.69 Å². The molecule has 1 amide bonds. The SMILES string of the molecule is COc1cccc(/C=C/C(=O)OCC(=O)N2CCc3ccccc32)c1OC. The van der Waals surface area contributed by atoms with E-state index in [0.29, 0.717) is 23.6 Å². The molecule has 6 heteroatoms. The molecule has 1 aliphatic heterocycles. The summed E-state index contributed by atoms with van der Waals surface area (Å²) in [5.74, 6) is 0.256. The van der Waals surface area contributed by atoms with Crippen molar-refractivity contribution in [3.8, 4) is 11.5 Å². The summed E-state index contributed by atoms with van der Waals surface area (Å²) in [7, 11) is 3.07. The van der Waals surface area contributed by atoms with E-state index in [2.05, 4.69) is 0 Å². The average Bonchev–Trinajstić information content (AvgIpc) is 3.14. The molecule has 0 bridgehead atoms. The largest absolute Gasteiger partial charge is 0.493 e. The zero-order valence-electron chi connectivity index (χ0n) is 15.3. The fraction of sp³-hybridized carbons (Fsp3) is 0.238. The third kappa shape index (κ3) is 4.11. The molecule has 140 valence electrons. The van der Waals surface area contributed by atoms with Crippen LogP contribution in [0.2, 0.25) is 0 Å². The van der Waals surface area contributed by atoms with Gasteiger partial charge in [0, 0.05) is 23.9 Å². The molecule has 2 aromatic carbocycles. The zero-order chi connectivity index (χ0) is 19.2. The first kappa shape index (κ1) is 18.5. The molecule has 27 heavy (non-hydrogen) atoms. The molecule has 0 aliphatic carbocycles. The van der Waals surface area contributed by atoms with Gasteiger partial charge in [0.15, 0.2) is 18.1 Å². The van der Waals surface area contributed by atoms with Gasteiger partial charge in [0.2, 0.25) is 0 Å². The van der Waals surface area contributed by atoms with E-state index in [-0.39, 0.29) is 12.5 Å². The molecule has 0 aromatic heterocycles. The van der Waals surface area contributed by atoms with Crippen LogP contribution in [0.5, 0.6) is 11.5 Å². The van der Waals surface area contributed by atoms with Gasteiger partial charge >= 0.3 is 5.97 Å². The molecule has 0 radical (unpaired) electrons. The second kappa shape index (κ2) is 8.40. The van der Waals surface area contributed by atoms with E-state index in [1.54, 1.807) is 36.3 Å². The van der Waals surface area contributed by atoms with Gasteiger partial charge in [0.1, 0.15) is 0 Å². The van der Waals surface area contributed by atoms with E-state index >= 15 is 0 Å². The number of anilines is 1. The number of para-hydroxylation sites is 2. The van der Waals surface area contributed by atoms with Crippen LogP contribution in [0, 0.1) is 0 Å². The number of amides is 1. The Bertz CT molecular complexity index is 875. The summed E-state index contributed by atoms with van der Waals surface area (Å²) < 4.78 is 15.6. The Labute approximate surface area is 158 Å². The minimum absolute atomic E-state index is 0.235. The summed E-state index contributed by atoms with van der Waals surface area (Å²) in [6.45, 7) is 0.305. The molecule has 0 N–H and O–H groups in total. The first-order chi connectivity index (χ1) is 13.1. The molecule has 0 saturated heterocycles. The highest BCUT2D eigenvalue weighted by Gasteiger charge is 2.24. The van der Waals surface area contributed by atoms with Crippen molar-refractivity contribution in [1.82, 2.24) is 0 Å². The number of esters is 1. The number of nitrogens with zero attached hydrogens (tertiary/aromatic N) is 1. The average molecular weight is 367 g/mol. The number of rotatable bonds is 6. The lowest BCUT2D eigenvalue weighted by molar-refractivity contribution is -0.142. The fourth-order valence-electron chi connectivity index (χ4n) is 3.06. The summed E-state index contributed by atoms with van der Waals surface area (Å²) in [5.41, 5.74) is 2.69. The Morgan fingerprint density at radius 1 is 1.07 bits per heavy atom. The standard InChI is InChI=1S/C21H21NO5/c1-25-18-9-5-7-16(21(18)26-2)10-11-20(24)27-14-19(23)22-13-12-15-6-3-4-8-17(15)22/h3-11H,12-14H2,1-2H3/b11-10+. The maximum Gasteiger partial charge on any atom is 0.331 e. The van der Waals surface area contributed by atoms with E-state index in [0.717, 1.165) is 17.7 Å². The summed E-state index contributed by atoms with van der Waals surface area (Å²) in [5, 5.41) is 0. The number of carbonyl (C=O) groups is 2. The summed E-state index contributed by atoms with van der Waals surface area (Å²) in [6.07, 6.45) is 3.65. The van der Waals surface area contributed by atoms with Gasteiger partial charge < -0.3 is 19.1 Å². The van der Waals surface area contributed by atoms with Crippen LogP contribution < -0.4 is 14.4 Å². The molecule has 0 fully saturated rings. The zero-order valence-corrected chi connectivity index (χ0v) is 15.3. The Balaban J connectivity index is 1.59. The maximum absolute atomic E-state index is 12.4. The number of methoxy groups -OCH3 is 2. The number of carbonyl (C=O) groups excluding carboxylic acids is 2. The minimum Gasteiger partial charge on any atom is -0.493 e. The first-order valence-corrected chi connectivity index (χ1v) is 8.58. The van der Waals surface area contributed by atoms with Crippen molar-refractivity contribution in [1.29, 1.82) is 0 Å². The highest BCUT2D eigenvalue weighted by molar-refractivity contribution is 5.98. The molecular weight excluding hydrogens is 346 g/mol. The van der Waals surface area contributed by atoms with Gasteiger partial charge in [0.25, 0.3) is 5.91 Å². The van der Waals surface area contributed by atoms with Crippen molar-refractivity contribution in [3.63, 3.8) is 0 Å². The van der Waals surface area contributed by atoms with Crippen LogP contribution in [-0.4, -0.2) is 39.2 Å². The normalized spacial score (nSPS) is 12.7. The molecule has 0 unspecified atom stereocenters. The molecule has 0 atom stereocenters. The molecule has 2 aromatic rings. The number of ether oxygens (including phenoxy) is 3. The predicted molar refractivity (Wildman–Crippen MR) is 102 cm³/mol. The van der Waals surface area contributed by atoms with Crippen molar-refractivity contribution < 1.29 is 23.8 Å². The first-order valence-electron chi connectivity index (χ1n) is 8.58. The molecule has 1 aliphatic rings. The van der Waals surface area contributed by atoms with Crippen molar-refractivity contribution in [2.45, 2.75) is 6.42 Å². The lowest BCUT2D eigenvalue weighted by Crippen LogP contribution is -2.33. The molecule has 3 rings (SSSR count). The van der Waals surface area contributed by atoms with Crippen molar-refractivity contribution in [2.24, 2.45) is 0 Å². The number of benzene rings is 2. The van der Waals surface area contributed by atoms with E-state index in [4.69, 9.17) is 14.2 Å². The van der Waals surface area contributed by atoms with E-state index < -0.39 is 5.97 Å². The molecule has 1 heterocycles. The maximum atomic E-state index is 12.4. The Hall–Kier alpha value is -3.28. The van der Waals surface area contributed by atoms with E-state index in [9.17, 15) is 9.59 Å². The van der Waals surface area contributed by atoms with Crippen LogP contribution in [0.25, 0.3) is 6.08 Å². The quantitative estimate of drug-likeness (QED) is 0.580. The van der Waals surface area contributed by atoms with Crippen LogP contribution in [0.1, 0.15) is 11.1 Å². The number of fused-ring (bicyclic) bond motifs is 1. The van der Waals surface area contributed by atoms with E-state index in [1.165, 1.54) is 13.2 Å². The van der Waals surface area contributed by atoms with Gasteiger partial charge in [-0.2, -0.15) is 0 Å². The number of hydrogen-bond acceptors (Lipinski definition) is 5. The molecular formula is C21H21NO5. The highest BCUT2D eigenvalue weighted by atomic mass is 16.5. The van der Waals surface area contributed by atoms with Gasteiger partial charge in [-0.1, -0.05) is 30.3 Å². The second-order valence-corrected chi connectivity index (χ2v) is 5.95. The lowest BCUT2D eigenvalue weighted by atomic mass is 10.1. The van der Waals surface area contributed by atoms with Gasteiger partial charge in [-0.15, -0.1) is 0 Å². The van der Waals surface area contributed by atoms with Crippen LogP contribution in [-0.2, 0) is 20.7 Å². The fourth-order valence-corrected chi connectivity index (χ4v) is 3.06. The Kier molecular flexibility index (Phi) is 5.76.